The van der Waals surface area contributed by atoms with Crippen molar-refractivity contribution in [1.29, 1.82) is 5.26 Å². The van der Waals surface area contributed by atoms with Crippen molar-refractivity contribution in [2.24, 2.45) is 0 Å². The van der Waals surface area contributed by atoms with Gasteiger partial charge in [-0.2, -0.15) is 5.26 Å². The van der Waals surface area contributed by atoms with E-state index in [9.17, 15) is 0 Å². The summed E-state index contributed by atoms with van der Waals surface area (Å²) in [7, 11) is -1.25. The van der Waals surface area contributed by atoms with E-state index in [1.54, 1.807) is 12.4 Å². The van der Waals surface area contributed by atoms with Gasteiger partial charge >= 0.3 is 0 Å². The van der Waals surface area contributed by atoms with Crippen molar-refractivity contribution in [3.63, 3.8) is 0 Å². The Balaban J connectivity index is 2.55. The largest absolute Gasteiger partial charge is 0.374 e. The number of aromatic nitrogens is 2. The number of hydrogen-bond donors (Lipinski definition) is 0. The molecule has 1 aromatic rings. The minimum Gasteiger partial charge on any atom is -0.374 e. The van der Waals surface area contributed by atoms with Crippen LogP contribution in [-0.4, -0.2) is 23.4 Å². The average molecular weight is 237 g/mol. The van der Waals surface area contributed by atoms with Crippen LogP contribution in [0.2, 0.25) is 19.6 Å². The van der Waals surface area contributed by atoms with Gasteiger partial charge in [0.25, 0.3) is 0 Å². The smallest absolute Gasteiger partial charge is 0.135 e. The average Bonchev–Trinajstić information content (AvgIpc) is 2.61. The molecule has 5 heteroatoms. The molecule has 0 bridgehead atoms. The van der Waals surface area contributed by atoms with Gasteiger partial charge in [-0.15, -0.1) is 0 Å². The molecule has 0 radical (unpaired) electrons. The van der Waals surface area contributed by atoms with Crippen molar-refractivity contribution in [3.8, 4) is 6.07 Å². The normalized spacial score (nSPS) is 13.4. The van der Waals surface area contributed by atoms with Gasteiger partial charge in [-0.1, -0.05) is 19.6 Å². The van der Waals surface area contributed by atoms with E-state index in [0.717, 1.165) is 5.82 Å². The fraction of sp³-hybridized carbons (Fsp3) is 0.636. The molecule has 4 nitrogen and oxygen atoms in total. The summed E-state index contributed by atoms with van der Waals surface area (Å²) in [6, 6.07) is 2.10. The highest BCUT2D eigenvalue weighted by molar-refractivity contribution is 6.77. The van der Waals surface area contributed by atoms with Crippen LogP contribution in [0.3, 0.4) is 0 Å². The Kier molecular flexibility index (Phi) is 4.27. The lowest BCUT2D eigenvalue weighted by molar-refractivity contribution is 0.0909. The van der Waals surface area contributed by atoms with E-state index in [-0.39, 0.29) is 0 Å². The standard InChI is InChI=1S/C11H19N3OSi/c1-10(16(2,3)4)15-9-11-13-6-8-14(11)7-5-12/h6,8,10H,7,9H2,1-4H3. The molecule has 0 fully saturated rings. The third kappa shape index (κ3) is 3.47. The van der Waals surface area contributed by atoms with Gasteiger partial charge in [-0.3, -0.25) is 0 Å². The summed E-state index contributed by atoms with van der Waals surface area (Å²) in [4.78, 5) is 4.19. The lowest BCUT2D eigenvalue weighted by Crippen LogP contribution is -2.37. The van der Waals surface area contributed by atoms with Crippen LogP contribution in [0.5, 0.6) is 0 Å². The lowest BCUT2D eigenvalue weighted by Gasteiger charge is -2.25. The zero-order chi connectivity index (χ0) is 12.2. The van der Waals surface area contributed by atoms with E-state index in [1.807, 2.05) is 4.57 Å². The zero-order valence-corrected chi connectivity index (χ0v) is 11.4. The maximum atomic E-state index is 8.64. The third-order valence-corrected chi connectivity index (χ3v) is 5.33. The topological polar surface area (TPSA) is 50.8 Å². The molecule has 1 rings (SSSR count). The molecule has 0 saturated heterocycles. The summed E-state index contributed by atoms with van der Waals surface area (Å²) >= 11 is 0. The van der Waals surface area contributed by atoms with Crippen LogP contribution < -0.4 is 0 Å². The number of nitrogens with zero attached hydrogens (tertiary/aromatic N) is 3. The van der Waals surface area contributed by atoms with Gasteiger partial charge in [-0.25, -0.2) is 4.98 Å². The minimum absolute atomic E-state index is 0.291. The van der Waals surface area contributed by atoms with Crippen LogP contribution in [0.15, 0.2) is 12.4 Å². The molecule has 0 N–H and O–H groups in total. The first kappa shape index (κ1) is 12.9. The Labute approximate surface area is 97.9 Å². The fourth-order valence-corrected chi connectivity index (χ4v) is 1.73. The Morgan fingerprint density at radius 2 is 2.25 bits per heavy atom. The molecule has 0 aliphatic carbocycles. The monoisotopic (exact) mass is 237 g/mol. The molecule has 0 aliphatic rings. The summed E-state index contributed by atoms with van der Waals surface area (Å²) in [6.45, 7) is 9.77. The first-order valence-corrected chi connectivity index (χ1v) is 9.01. The number of hydrogen-bond acceptors (Lipinski definition) is 3. The molecular weight excluding hydrogens is 218 g/mol. The maximum absolute atomic E-state index is 8.64. The van der Waals surface area contributed by atoms with E-state index in [4.69, 9.17) is 10.00 Å². The summed E-state index contributed by atoms with van der Waals surface area (Å²) in [6.07, 6.45) is 3.51. The maximum Gasteiger partial charge on any atom is 0.135 e. The van der Waals surface area contributed by atoms with Gasteiger partial charge in [0.1, 0.15) is 19.0 Å². The van der Waals surface area contributed by atoms with Crippen molar-refractivity contribution in [1.82, 2.24) is 9.55 Å². The highest BCUT2D eigenvalue weighted by Gasteiger charge is 2.23. The number of ether oxygens (including phenoxy) is 1. The molecule has 1 heterocycles. The van der Waals surface area contributed by atoms with Gasteiger partial charge in [0.15, 0.2) is 0 Å². The quantitative estimate of drug-likeness (QED) is 0.738. The van der Waals surface area contributed by atoms with Gasteiger partial charge in [-0.05, 0) is 6.92 Å². The van der Waals surface area contributed by atoms with Crippen molar-refractivity contribution in [3.05, 3.63) is 18.2 Å². The SMILES string of the molecule is CC(OCc1nccn1CC#N)[Si](C)(C)C. The van der Waals surface area contributed by atoms with Crippen LogP contribution in [-0.2, 0) is 17.9 Å². The number of rotatable bonds is 5. The highest BCUT2D eigenvalue weighted by Crippen LogP contribution is 2.12. The van der Waals surface area contributed by atoms with E-state index < -0.39 is 8.07 Å². The molecule has 1 atom stereocenters. The van der Waals surface area contributed by atoms with Crippen molar-refractivity contribution in [2.75, 3.05) is 0 Å². The summed E-state index contributed by atoms with van der Waals surface area (Å²) < 4.78 is 7.62. The Hall–Kier alpha value is -1.12. The molecule has 0 spiro atoms. The molecule has 0 aromatic carbocycles. The van der Waals surface area contributed by atoms with Crippen LogP contribution in [0.1, 0.15) is 12.7 Å². The van der Waals surface area contributed by atoms with Crippen LogP contribution in [0, 0.1) is 11.3 Å². The molecule has 0 aliphatic heterocycles. The molecular formula is C11H19N3OSi. The van der Waals surface area contributed by atoms with Crippen molar-refractivity contribution >= 4 is 8.07 Å². The lowest BCUT2D eigenvalue weighted by atomic mass is 10.6. The Bertz CT molecular complexity index is 375. The van der Waals surface area contributed by atoms with Gasteiger partial charge in [0.05, 0.1) is 14.1 Å². The summed E-state index contributed by atoms with van der Waals surface area (Å²) in [5.74, 6) is 0.826. The van der Waals surface area contributed by atoms with Crippen LogP contribution in [0.25, 0.3) is 0 Å². The van der Waals surface area contributed by atoms with Gasteiger partial charge in [0.2, 0.25) is 0 Å². The van der Waals surface area contributed by atoms with E-state index in [0.29, 0.717) is 18.9 Å². The van der Waals surface area contributed by atoms with Crippen molar-refractivity contribution < 1.29 is 4.74 Å². The summed E-state index contributed by atoms with van der Waals surface area (Å²) in [5.41, 5.74) is 0.291. The number of imidazole rings is 1. The second kappa shape index (κ2) is 5.28. The van der Waals surface area contributed by atoms with Gasteiger partial charge < -0.3 is 9.30 Å². The van der Waals surface area contributed by atoms with Crippen molar-refractivity contribution in [2.45, 2.75) is 45.4 Å². The summed E-state index contributed by atoms with van der Waals surface area (Å²) in [5, 5.41) is 8.64. The predicted octanol–water partition coefficient (Wildman–Crippen LogP) is 2.19. The molecule has 88 valence electrons. The molecule has 1 aromatic heterocycles. The van der Waals surface area contributed by atoms with Crippen LogP contribution in [0.4, 0.5) is 0 Å². The van der Waals surface area contributed by atoms with Gasteiger partial charge in [0, 0.05) is 18.1 Å². The zero-order valence-electron chi connectivity index (χ0n) is 10.4. The first-order chi connectivity index (χ1) is 7.45. The first-order valence-electron chi connectivity index (χ1n) is 5.43. The second-order valence-electron chi connectivity index (χ2n) is 4.95. The van der Waals surface area contributed by atoms with E-state index >= 15 is 0 Å². The van der Waals surface area contributed by atoms with Crippen LogP contribution >= 0.6 is 0 Å². The molecule has 16 heavy (non-hydrogen) atoms. The molecule has 0 amide bonds. The number of nitriles is 1. The third-order valence-electron chi connectivity index (χ3n) is 2.72. The molecule has 1 unspecified atom stereocenters. The fourth-order valence-electron chi connectivity index (χ4n) is 1.15. The highest BCUT2D eigenvalue weighted by atomic mass is 28.3. The Morgan fingerprint density at radius 1 is 1.56 bits per heavy atom. The van der Waals surface area contributed by atoms with E-state index in [1.165, 1.54) is 0 Å². The van der Waals surface area contributed by atoms with E-state index in [2.05, 4.69) is 37.6 Å². The minimum atomic E-state index is -1.25. The second-order valence-corrected chi connectivity index (χ2v) is 10.5. The predicted molar refractivity (Wildman–Crippen MR) is 65.4 cm³/mol. The Morgan fingerprint density at radius 3 is 2.81 bits per heavy atom. The molecule has 0 saturated carbocycles.